The fourth-order valence-corrected chi connectivity index (χ4v) is 2.01. The Labute approximate surface area is 115 Å². The maximum absolute atomic E-state index is 12.0. The molecule has 0 fully saturated rings. The third-order valence-corrected chi connectivity index (χ3v) is 3.07. The molecule has 0 bridgehead atoms. The molecular formula is C13H13ClN2O3. The molecule has 1 aromatic rings. The molecule has 100 valence electrons. The van der Waals surface area contributed by atoms with E-state index in [4.69, 9.17) is 11.6 Å². The number of nitrogens with zero attached hydrogens (tertiary/aromatic N) is 1. The van der Waals surface area contributed by atoms with Gasteiger partial charge in [-0.3, -0.25) is 14.9 Å². The van der Waals surface area contributed by atoms with Crippen molar-refractivity contribution >= 4 is 35.1 Å². The number of urea groups is 1. The molecule has 0 spiro atoms. The molecule has 0 aliphatic carbocycles. The highest BCUT2D eigenvalue weighted by Gasteiger charge is 2.33. The Morgan fingerprint density at radius 3 is 2.68 bits per heavy atom. The van der Waals surface area contributed by atoms with Gasteiger partial charge in [-0.2, -0.15) is 0 Å². The van der Waals surface area contributed by atoms with E-state index < -0.39 is 11.9 Å². The van der Waals surface area contributed by atoms with Crippen LogP contribution in [0, 0.1) is 5.92 Å². The van der Waals surface area contributed by atoms with E-state index >= 15 is 0 Å². The molecule has 1 aliphatic heterocycles. The predicted molar refractivity (Wildman–Crippen MR) is 71.0 cm³/mol. The number of hydrogen-bond donors (Lipinski definition) is 1. The number of imide groups is 2. The lowest BCUT2D eigenvalue weighted by Gasteiger charge is -2.16. The van der Waals surface area contributed by atoms with Gasteiger partial charge in [-0.1, -0.05) is 25.4 Å². The molecule has 19 heavy (non-hydrogen) atoms. The molecule has 0 aromatic heterocycles. The van der Waals surface area contributed by atoms with Crippen molar-refractivity contribution < 1.29 is 14.4 Å². The Kier molecular flexibility index (Phi) is 3.57. The van der Waals surface area contributed by atoms with Crippen LogP contribution in [0.1, 0.15) is 19.4 Å². The molecule has 5 nitrogen and oxygen atoms in total. The summed E-state index contributed by atoms with van der Waals surface area (Å²) in [7, 11) is 0. The Bertz CT molecular complexity index is 569. The number of carbonyl (C=O) groups is 3. The standard InChI is InChI=1S/C13H13ClN2O3/c1-7(2)12(18)15-13(19)16-10-4-3-9(14)5-8(10)6-11(16)17/h3-5,7H,6H2,1-2H3,(H,15,18,19). The van der Waals surface area contributed by atoms with Crippen molar-refractivity contribution in [3.63, 3.8) is 0 Å². The van der Waals surface area contributed by atoms with E-state index in [2.05, 4.69) is 5.32 Å². The van der Waals surface area contributed by atoms with Crippen LogP contribution in [0.5, 0.6) is 0 Å². The van der Waals surface area contributed by atoms with Crippen LogP contribution in [-0.2, 0) is 16.0 Å². The van der Waals surface area contributed by atoms with Crippen LogP contribution >= 0.6 is 11.6 Å². The van der Waals surface area contributed by atoms with Crippen molar-refractivity contribution in [2.75, 3.05) is 4.90 Å². The van der Waals surface area contributed by atoms with Crippen LogP contribution in [0.15, 0.2) is 18.2 Å². The van der Waals surface area contributed by atoms with Crippen molar-refractivity contribution in [3.05, 3.63) is 28.8 Å². The summed E-state index contributed by atoms with van der Waals surface area (Å²) in [6, 6.07) is 4.13. The number of halogens is 1. The van der Waals surface area contributed by atoms with Gasteiger partial charge in [0.25, 0.3) is 0 Å². The van der Waals surface area contributed by atoms with E-state index in [0.29, 0.717) is 16.3 Å². The first kappa shape index (κ1) is 13.5. The average Bonchev–Trinajstić information content (AvgIpc) is 2.63. The maximum atomic E-state index is 12.0. The molecule has 1 aromatic carbocycles. The van der Waals surface area contributed by atoms with E-state index in [9.17, 15) is 14.4 Å². The second-order valence-corrected chi connectivity index (χ2v) is 5.06. The molecular weight excluding hydrogens is 268 g/mol. The van der Waals surface area contributed by atoms with E-state index in [1.54, 1.807) is 32.0 Å². The van der Waals surface area contributed by atoms with Crippen LogP contribution in [0.4, 0.5) is 10.5 Å². The minimum atomic E-state index is -0.718. The second kappa shape index (κ2) is 5.01. The molecule has 0 unspecified atom stereocenters. The van der Waals surface area contributed by atoms with E-state index in [1.807, 2.05) is 0 Å². The number of nitrogens with one attached hydrogen (secondary N) is 1. The van der Waals surface area contributed by atoms with Crippen LogP contribution in [0.25, 0.3) is 0 Å². The minimum absolute atomic E-state index is 0.110. The Morgan fingerprint density at radius 1 is 1.37 bits per heavy atom. The van der Waals surface area contributed by atoms with Gasteiger partial charge in [-0.15, -0.1) is 0 Å². The number of amides is 4. The van der Waals surface area contributed by atoms with Gasteiger partial charge in [-0.05, 0) is 23.8 Å². The number of anilines is 1. The summed E-state index contributed by atoms with van der Waals surface area (Å²) in [6.45, 7) is 3.34. The molecule has 0 saturated heterocycles. The SMILES string of the molecule is CC(C)C(=O)NC(=O)N1C(=O)Cc2cc(Cl)ccc21. The largest absolute Gasteiger partial charge is 0.335 e. The summed E-state index contributed by atoms with van der Waals surface area (Å²) in [5.41, 5.74) is 1.16. The zero-order valence-corrected chi connectivity index (χ0v) is 11.3. The summed E-state index contributed by atoms with van der Waals surface area (Å²) in [5.74, 6) is -1.11. The number of benzene rings is 1. The van der Waals surface area contributed by atoms with E-state index in [-0.39, 0.29) is 18.2 Å². The quantitative estimate of drug-likeness (QED) is 0.857. The van der Waals surface area contributed by atoms with Gasteiger partial charge in [0.15, 0.2) is 0 Å². The number of hydrogen-bond acceptors (Lipinski definition) is 3. The first-order valence-electron chi connectivity index (χ1n) is 5.86. The van der Waals surface area contributed by atoms with Crippen molar-refractivity contribution in [1.82, 2.24) is 5.32 Å². The maximum Gasteiger partial charge on any atom is 0.335 e. The molecule has 0 radical (unpaired) electrons. The summed E-state index contributed by atoms with van der Waals surface area (Å²) in [4.78, 5) is 36.3. The lowest BCUT2D eigenvalue weighted by molar-refractivity contribution is -0.122. The van der Waals surface area contributed by atoms with Gasteiger partial charge < -0.3 is 0 Å². The van der Waals surface area contributed by atoms with Crippen molar-refractivity contribution in [2.45, 2.75) is 20.3 Å². The smallest absolute Gasteiger partial charge is 0.277 e. The third kappa shape index (κ3) is 2.61. The Morgan fingerprint density at radius 2 is 2.05 bits per heavy atom. The van der Waals surface area contributed by atoms with Gasteiger partial charge in [0.05, 0.1) is 12.1 Å². The van der Waals surface area contributed by atoms with Crippen LogP contribution in [-0.4, -0.2) is 17.8 Å². The number of fused-ring (bicyclic) bond motifs is 1. The number of rotatable bonds is 1. The van der Waals surface area contributed by atoms with Gasteiger partial charge in [-0.25, -0.2) is 9.69 Å². The zero-order valence-electron chi connectivity index (χ0n) is 10.6. The zero-order chi connectivity index (χ0) is 14.2. The van der Waals surface area contributed by atoms with Gasteiger partial charge >= 0.3 is 6.03 Å². The Hall–Kier alpha value is -1.88. The van der Waals surface area contributed by atoms with Gasteiger partial charge in [0.1, 0.15) is 0 Å². The van der Waals surface area contributed by atoms with Crippen LogP contribution in [0.3, 0.4) is 0 Å². The molecule has 1 N–H and O–H groups in total. The average molecular weight is 281 g/mol. The van der Waals surface area contributed by atoms with E-state index in [0.717, 1.165) is 4.90 Å². The summed E-state index contributed by atoms with van der Waals surface area (Å²) >= 11 is 5.84. The summed E-state index contributed by atoms with van der Waals surface area (Å²) < 4.78 is 0. The van der Waals surface area contributed by atoms with Gasteiger partial charge in [0.2, 0.25) is 11.8 Å². The van der Waals surface area contributed by atoms with Crippen LogP contribution < -0.4 is 10.2 Å². The highest BCUT2D eigenvalue weighted by molar-refractivity contribution is 6.31. The fraction of sp³-hybridized carbons (Fsp3) is 0.308. The molecule has 2 rings (SSSR count). The first-order valence-corrected chi connectivity index (χ1v) is 6.24. The molecule has 0 saturated carbocycles. The van der Waals surface area contributed by atoms with E-state index in [1.165, 1.54) is 0 Å². The summed E-state index contributed by atoms with van der Waals surface area (Å²) in [5, 5.41) is 2.71. The minimum Gasteiger partial charge on any atom is -0.277 e. The molecule has 0 atom stereocenters. The lowest BCUT2D eigenvalue weighted by atomic mass is 10.2. The third-order valence-electron chi connectivity index (χ3n) is 2.83. The predicted octanol–water partition coefficient (Wildman–Crippen LogP) is 2.12. The molecule has 6 heteroatoms. The highest BCUT2D eigenvalue weighted by atomic mass is 35.5. The molecule has 4 amide bonds. The molecule has 1 heterocycles. The highest BCUT2D eigenvalue weighted by Crippen LogP contribution is 2.31. The van der Waals surface area contributed by atoms with Crippen LogP contribution in [0.2, 0.25) is 5.02 Å². The van der Waals surface area contributed by atoms with Crippen molar-refractivity contribution in [3.8, 4) is 0 Å². The van der Waals surface area contributed by atoms with Crippen molar-refractivity contribution in [2.24, 2.45) is 5.92 Å². The lowest BCUT2D eigenvalue weighted by Crippen LogP contribution is -2.45. The normalized spacial score (nSPS) is 13.7. The summed E-state index contributed by atoms with van der Waals surface area (Å²) in [6.07, 6.45) is 0.110. The van der Waals surface area contributed by atoms with Crippen molar-refractivity contribution in [1.29, 1.82) is 0 Å². The fourth-order valence-electron chi connectivity index (χ4n) is 1.82. The second-order valence-electron chi connectivity index (χ2n) is 4.63. The first-order chi connectivity index (χ1) is 8.90. The monoisotopic (exact) mass is 280 g/mol. The Balaban J connectivity index is 2.25. The molecule has 1 aliphatic rings. The number of carbonyl (C=O) groups excluding carboxylic acids is 3. The topological polar surface area (TPSA) is 66.5 Å². The van der Waals surface area contributed by atoms with Gasteiger partial charge in [0, 0.05) is 10.9 Å².